The van der Waals surface area contributed by atoms with Crippen molar-refractivity contribution in [2.75, 3.05) is 26.8 Å². The van der Waals surface area contributed by atoms with Crippen molar-refractivity contribution in [3.63, 3.8) is 0 Å². The van der Waals surface area contributed by atoms with Crippen LogP contribution in [-0.2, 0) is 4.74 Å². The van der Waals surface area contributed by atoms with Crippen LogP contribution in [0, 0.1) is 5.92 Å². The number of ether oxygens (including phenoxy) is 1. The molecule has 0 N–H and O–H groups in total. The molecule has 2 rings (SSSR count). The summed E-state index contributed by atoms with van der Waals surface area (Å²) in [6, 6.07) is 3.41. The van der Waals surface area contributed by atoms with Crippen molar-refractivity contribution < 1.29 is 13.9 Å². The second-order valence-electron chi connectivity index (χ2n) is 3.89. The van der Waals surface area contributed by atoms with E-state index in [1.165, 1.54) is 6.26 Å². The monoisotopic (exact) mass is 209 g/mol. The SMILES string of the molecule is CN(C[C@H]1CCOC1)C(=O)c1ccco1. The van der Waals surface area contributed by atoms with Gasteiger partial charge in [-0.15, -0.1) is 0 Å². The molecule has 1 fully saturated rings. The summed E-state index contributed by atoms with van der Waals surface area (Å²) in [7, 11) is 1.79. The highest BCUT2D eigenvalue weighted by molar-refractivity contribution is 5.91. The van der Waals surface area contributed by atoms with Crippen LogP contribution in [0.2, 0.25) is 0 Å². The number of furan rings is 1. The minimum absolute atomic E-state index is 0.0631. The largest absolute Gasteiger partial charge is 0.459 e. The smallest absolute Gasteiger partial charge is 0.289 e. The lowest BCUT2D eigenvalue weighted by Crippen LogP contribution is -2.31. The third kappa shape index (κ3) is 2.39. The average Bonchev–Trinajstić information content (AvgIpc) is 2.88. The maximum atomic E-state index is 11.8. The van der Waals surface area contributed by atoms with Crippen molar-refractivity contribution in [1.82, 2.24) is 4.90 Å². The van der Waals surface area contributed by atoms with Crippen molar-refractivity contribution in [2.24, 2.45) is 5.92 Å². The Hall–Kier alpha value is -1.29. The highest BCUT2D eigenvalue weighted by atomic mass is 16.5. The Balaban J connectivity index is 1.90. The third-order valence-electron chi connectivity index (χ3n) is 2.63. The standard InChI is InChI=1S/C11H15NO3/c1-12(7-9-4-6-14-8-9)11(13)10-3-2-5-15-10/h2-3,5,9H,4,6-8H2,1H3/t9-/m1/s1. The summed E-state index contributed by atoms with van der Waals surface area (Å²) in [5, 5.41) is 0. The lowest BCUT2D eigenvalue weighted by molar-refractivity contribution is 0.0734. The van der Waals surface area contributed by atoms with E-state index in [2.05, 4.69) is 0 Å². The molecule has 2 heterocycles. The molecule has 4 heteroatoms. The molecular formula is C11H15NO3. The fourth-order valence-electron chi connectivity index (χ4n) is 1.79. The lowest BCUT2D eigenvalue weighted by atomic mass is 10.1. The first-order valence-corrected chi connectivity index (χ1v) is 5.14. The Morgan fingerprint density at radius 3 is 3.13 bits per heavy atom. The lowest BCUT2D eigenvalue weighted by Gasteiger charge is -2.18. The summed E-state index contributed by atoms with van der Waals surface area (Å²) in [4.78, 5) is 13.5. The minimum atomic E-state index is -0.0631. The molecule has 0 radical (unpaired) electrons. The molecule has 0 spiro atoms. The molecule has 4 nitrogen and oxygen atoms in total. The van der Waals surface area contributed by atoms with Crippen LogP contribution < -0.4 is 0 Å². The van der Waals surface area contributed by atoms with Gasteiger partial charge in [-0.25, -0.2) is 0 Å². The van der Waals surface area contributed by atoms with E-state index >= 15 is 0 Å². The number of hydrogen-bond acceptors (Lipinski definition) is 3. The Morgan fingerprint density at radius 2 is 2.53 bits per heavy atom. The van der Waals surface area contributed by atoms with Crippen molar-refractivity contribution >= 4 is 5.91 Å². The van der Waals surface area contributed by atoms with E-state index in [9.17, 15) is 4.79 Å². The molecule has 0 saturated carbocycles. The topological polar surface area (TPSA) is 42.7 Å². The Labute approximate surface area is 88.8 Å². The van der Waals surface area contributed by atoms with E-state index in [0.29, 0.717) is 11.7 Å². The highest BCUT2D eigenvalue weighted by Gasteiger charge is 2.21. The van der Waals surface area contributed by atoms with Crippen LogP contribution in [0.1, 0.15) is 17.0 Å². The Kier molecular flexibility index (Phi) is 3.06. The Bertz CT molecular complexity index is 315. The normalized spacial score (nSPS) is 20.5. The van der Waals surface area contributed by atoms with Gasteiger partial charge in [-0.3, -0.25) is 4.79 Å². The molecule has 1 atom stereocenters. The maximum Gasteiger partial charge on any atom is 0.289 e. The molecule has 15 heavy (non-hydrogen) atoms. The zero-order valence-electron chi connectivity index (χ0n) is 8.81. The number of carbonyl (C=O) groups excluding carboxylic acids is 1. The summed E-state index contributed by atoms with van der Waals surface area (Å²) in [5.74, 6) is 0.803. The number of hydrogen-bond donors (Lipinski definition) is 0. The average molecular weight is 209 g/mol. The Morgan fingerprint density at radius 1 is 1.67 bits per heavy atom. The number of rotatable bonds is 3. The summed E-state index contributed by atoms with van der Waals surface area (Å²) < 4.78 is 10.3. The van der Waals surface area contributed by atoms with Crippen LogP contribution in [0.25, 0.3) is 0 Å². The molecule has 1 aliphatic heterocycles. The van der Waals surface area contributed by atoms with Gasteiger partial charge in [0.2, 0.25) is 0 Å². The second-order valence-corrected chi connectivity index (χ2v) is 3.89. The van der Waals surface area contributed by atoms with Crippen LogP contribution in [-0.4, -0.2) is 37.6 Å². The van der Waals surface area contributed by atoms with Gasteiger partial charge in [-0.2, -0.15) is 0 Å². The molecule has 0 aliphatic carbocycles. The molecule has 0 bridgehead atoms. The molecule has 0 unspecified atom stereocenters. The number of amides is 1. The van der Waals surface area contributed by atoms with Gasteiger partial charge >= 0.3 is 0 Å². The molecule has 0 aromatic carbocycles. The molecule has 1 amide bonds. The first-order chi connectivity index (χ1) is 7.27. The fourth-order valence-corrected chi connectivity index (χ4v) is 1.79. The zero-order valence-corrected chi connectivity index (χ0v) is 8.81. The second kappa shape index (κ2) is 4.49. The van der Waals surface area contributed by atoms with Crippen LogP contribution in [0.3, 0.4) is 0 Å². The van der Waals surface area contributed by atoms with Gasteiger partial charge in [-0.05, 0) is 18.6 Å². The quantitative estimate of drug-likeness (QED) is 0.755. The first kappa shape index (κ1) is 10.2. The number of nitrogens with zero attached hydrogens (tertiary/aromatic N) is 1. The number of carbonyl (C=O) groups is 1. The van der Waals surface area contributed by atoms with Crippen molar-refractivity contribution in [1.29, 1.82) is 0 Å². The minimum Gasteiger partial charge on any atom is -0.459 e. The first-order valence-electron chi connectivity index (χ1n) is 5.14. The van der Waals surface area contributed by atoms with Crippen LogP contribution in [0.15, 0.2) is 22.8 Å². The van der Waals surface area contributed by atoms with E-state index in [0.717, 1.165) is 26.2 Å². The van der Waals surface area contributed by atoms with Crippen LogP contribution in [0.5, 0.6) is 0 Å². The molecule has 1 saturated heterocycles. The van der Waals surface area contributed by atoms with Crippen molar-refractivity contribution in [3.05, 3.63) is 24.2 Å². The highest BCUT2D eigenvalue weighted by Crippen LogP contribution is 2.14. The predicted octanol–water partition coefficient (Wildman–Crippen LogP) is 1.39. The third-order valence-corrected chi connectivity index (χ3v) is 2.63. The maximum absolute atomic E-state index is 11.8. The van der Waals surface area contributed by atoms with Crippen LogP contribution in [0.4, 0.5) is 0 Å². The molecular weight excluding hydrogens is 194 g/mol. The molecule has 1 aromatic rings. The summed E-state index contributed by atoms with van der Waals surface area (Å²) in [5.41, 5.74) is 0. The van der Waals surface area contributed by atoms with Crippen molar-refractivity contribution in [3.8, 4) is 0 Å². The van der Waals surface area contributed by atoms with Gasteiger partial charge in [0.1, 0.15) is 0 Å². The summed E-state index contributed by atoms with van der Waals surface area (Å²) >= 11 is 0. The van der Waals surface area contributed by atoms with Gasteiger partial charge in [0.15, 0.2) is 5.76 Å². The van der Waals surface area contributed by atoms with Crippen molar-refractivity contribution in [2.45, 2.75) is 6.42 Å². The summed E-state index contributed by atoms with van der Waals surface area (Å²) in [6.07, 6.45) is 2.55. The van der Waals surface area contributed by atoms with Gasteiger partial charge in [-0.1, -0.05) is 0 Å². The van der Waals surface area contributed by atoms with E-state index < -0.39 is 0 Å². The zero-order chi connectivity index (χ0) is 10.7. The van der Waals surface area contributed by atoms with E-state index in [1.54, 1.807) is 24.1 Å². The molecule has 82 valence electrons. The summed E-state index contributed by atoms with van der Waals surface area (Å²) in [6.45, 7) is 2.31. The van der Waals surface area contributed by atoms with E-state index in [1.807, 2.05) is 0 Å². The molecule has 1 aromatic heterocycles. The van der Waals surface area contributed by atoms with E-state index in [4.69, 9.17) is 9.15 Å². The fraction of sp³-hybridized carbons (Fsp3) is 0.545. The van der Waals surface area contributed by atoms with Gasteiger partial charge in [0, 0.05) is 26.1 Å². The van der Waals surface area contributed by atoms with Gasteiger partial charge in [0.25, 0.3) is 5.91 Å². The van der Waals surface area contributed by atoms with E-state index in [-0.39, 0.29) is 5.91 Å². The predicted molar refractivity (Wildman–Crippen MR) is 54.6 cm³/mol. The molecule has 1 aliphatic rings. The van der Waals surface area contributed by atoms with Crippen LogP contribution >= 0.6 is 0 Å². The van der Waals surface area contributed by atoms with Gasteiger partial charge < -0.3 is 14.1 Å². The van der Waals surface area contributed by atoms with Gasteiger partial charge in [0.05, 0.1) is 12.9 Å².